The van der Waals surface area contributed by atoms with E-state index in [4.69, 9.17) is 0 Å². The summed E-state index contributed by atoms with van der Waals surface area (Å²) >= 11 is 0. The van der Waals surface area contributed by atoms with Crippen molar-refractivity contribution < 1.29 is 4.79 Å². The number of hydrogen-bond acceptors (Lipinski definition) is 1. The molecule has 54 valence electrons. The van der Waals surface area contributed by atoms with Crippen molar-refractivity contribution in [2.75, 3.05) is 0 Å². The molecule has 2 heteroatoms. The molecule has 0 bridgehead atoms. The summed E-state index contributed by atoms with van der Waals surface area (Å²) in [6, 6.07) is 9.09. The highest BCUT2D eigenvalue weighted by Gasteiger charge is 1.97. The van der Waals surface area contributed by atoms with Gasteiger partial charge in [-0.2, -0.15) is 0 Å². The van der Waals surface area contributed by atoms with Crippen molar-refractivity contribution in [3.8, 4) is 11.5 Å². The van der Waals surface area contributed by atoms with E-state index in [0.717, 1.165) is 10.2 Å². The van der Waals surface area contributed by atoms with Crippen LogP contribution in [0.25, 0.3) is 0 Å². The standard InChI is InChI=1S/C9H8OSi/c10-9(6-7-11)8-4-2-1-3-5-8/h1-5H,11H3. The largest absolute Gasteiger partial charge is 0.279 e. The molecule has 0 atom stereocenters. The van der Waals surface area contributed by atoms with Crippen molar-refractivity contribution in [3.63, 3.8) is 0 Å². The zero-order valence-electron chi connectivity index (χ0n) is 6.29. The van der Waals surface area contributed by atoms with Crippen molar-refractivity contribution >= 4 is 16.0 Å². The number of carbonyl (C=O) groups excluding carboxylic acids is 1. The van der Waals surface area contributed by atoms with Gasteiger partial charge in [0.25, 0.3) is 0 Å². The molecule has 0 aliphatic rings. The molecule has 0 aliphatic heterocycles. The van der Waals surface area contributed by atoms with Gasteiger partial charge in [0.15, 0.2) is 0 Å². The van der Waals surface area contributed by atoms with E-state index < -0.39 is 0 Å². The molecular weight excluding hydrogens is 152 g/mol. The minimum absolute atomic E-state index is 0.0828. The van der Waals surface area contributed by atoms with Crippen LogP contribution >= 0.6 is 0 Å². The van der Waals surface area contributed by atoms with Crippen molar-refractivity contribution in [2.45, 2.75) is 0 Å². The Morgan fingerprint density at radius 3 is 2.45 bits per heavy atom. The summed E-state index contributed by atoms with van der Waals surface area (Å²) in [5.74, 6) is 2.45. The molecule has 0 aromatic heterocycles. The van der Waals surface area contributed by atoms with E-state index in [-0.39, 0.29) is 5.78 Å². The molecule has 0 aliphatic carbocycles. The van der Waals surface area contributed by atoms with Gasteiger partial charge in [0, 0.05) is 5.56 Å². The summed E-state index contributed by atoms with van der Waals surface area (Å²) in [6.45, 7) is 0. The molecule has 1 nitrogen and oxygen atoms in total. The quantitative estimate of drug-likeness (QED) is 0.326. The van der Waals surface area contributed by atoms with E-state index in [1.807, 2.05) is 18.2 Å². The maximum Gasteiger partial charge on any atom is 0.235 e. The Morgan fingerprint density at radius 2 is 1.91 bits per heavy atom. The van der Waals surface area contributed by atoms with Gasteiger partial charge < -0.3 is 0 Å². The minimum Gasteiger partial charge on any atom is -0.279 e. The van der Waals surface area contributed by atoms with Gasteiger partial charge >= 0.3 is 0 Å². The number of Topliss-reactive ketones (excluding diaryl/α,β-unsaturated/α-hetero) is 1. The molecule has 0 radical (unpaired) electrons. The van der Waals surface area contributed by atoms with Crippen LogP contribution in [0.15, 0.2) is 30.3 Å². The fourth-order valence-corrected chi connectivity index (χ4v) is 1.00. The third-order valence-electron chi connectivity index (χ3n) is 1.27. The molecule has 0 N–H and O–H groups in total. The smallest absolute Gasteiger partial charge is 0.235 e. The van der Waals surface area contributed by atoms with Gasteiger partial charge in [-0.15, -0.1) is 5.54 Å². The first-order chi connectivity index (χ1) is 5.34. The van der Waals surface area contributed by atoms with Crippen molar-refractivity contribution in [1.29, 1.82) is 0 Å². The highest BCUT2D eigenvalue weighted by atomic mass is 28.1. The zero-order valence-corrected chi connectivity index (χ0v) is 8.29. The summed E-state index contributed by atoms with van der Waals surface area (Å²) < 4.78 is 0. The van der Waals surface area contributed by atoms with Gasteiger partial charge in [-0.25, -0.2) is 0 Å². The van der Waals surface area contributed by atoms with Crippen LogP contribution in [0.2, 0.25) is 0 Å². The third-order valence-corrected chi connectivity index (χ3v) is 1.52. The Hall–Kier alpha value is -1.33. The molecule has 0 heterocycles. The molecule has 0 amide bonds. The van der Waals surface area contributed by atoms with E-state index >= 15 is 0 Å². The molecule has 0 saturated heterocycles. The lowest BCUT2D eigenvalue weighted by atomic mass is 10.1. The number of benzene rings is 1. The first kappa shape index (κ1) is 7.77. The first-order valence-electron chi connectivity index (χ1n) is 3.36. The van der Waals surface area contributed by atoms with E-state index in [1.165, 1.54) is 0 Å². The molecular formula is C9H8OSi. The van der Waals surface area contributed by atoms with E-state index in [9.17, 15) is 4.79 Å². The molecule has 0 saturated carbocycles. The van der Waals surface area contributed by atoms with Crippen molar-refractivity contribution in [1.82, 2.24) is 0 Å². The summed E-state index contributed by atoms with van der Waals surface area (Å²) in [5.41, 5.74) is 3.38. The lowest BCUT2D eigenvalue weighted by Gasteiger charge is -1.89. The minimum atomic E-state index is -0.0828. The second-order valence-electron chi connectivity index (χ2n) is 2.07. The Morgan fingerprint density at radius 1 is 1.27 bits per heavy atom. The third kappa shape index (κ3) is 2.06. The molecule has 1 aromatic rings. The van der Waals surface area contributed by atoms with Gasteiger partial charge in [0.2, 0.25) is 5.78 Å². The maximum absolute atomic E-state index is 11.1. The van der Waals surface area contributed by atoms with Gasteiger partial charge in [-0.05, 0) is 5.92 Å². The lowest BCUT2D eigenvalue weighted by Crippen LogP contribution is -1.93. The Kier molecular flexibility index (Phi) is 2.64. The number of rotatable bonds is 1. The highest BCUT2D eigenvalue weighted by Crippen LogP contribution is 1.97. The van der Waals surface area contributed by atoms with Crippen LogP contribution in [-0.2, 0) is 0 Å². The number of ketones is 1. The molecule has 1 aromatic carbocycles. The fraction of sp³-hybridized carbons (Fsp3) is 0. The Bertz CT molecular complexity index is 305. The van der Waals surface area contributed by atoms with Crippen LogP contribution in [0, 0.1) is 11.5 Å². The van der Waals surface area contributed by atoms with E-state index in [2.05, 4.69) is 11.5 Å². The average molecular weight is 160 g/mol. The van der Waals surface area contributed by atoms with Crippen LogP contribution in [0.3, 0.4) is 0 Å². The van der Waals surface area contributed by atoms with Crippen LogP contribution in [0.4, 0.5) is 0 Å². The van der Waals surface area contributed by atoms with Crippen molar-refractivity contribution in [3.05, 3.63) is 35.9 Å². The van der Waals surface area contributed by atoms with Gasteiger partial charge in [-0.3, -0.25) is 4.79 Å². The predicted molar refractivity (Wildman–Crippen MR) is 48.5 cm³/mol. The van der Waals surface area contributed by atoms with Crippen LogP contribution in [-0.4, -0.2) is 16.0 Å². The fourth-order valence-electron chi connectivity index (χ4n) is 0.775. The Labute approximate surface area is 68.9 Å². The van der Waals surface area contributed by atoms with Crippen molar-refractivity contribution in [2.24, 2.45) is 0 Å². The number of hydrogen-bond donors (Lipinski definition) is 0. The van der Waals surface area contributed by atoms with Gasteiger partial charge in [0.05, 0.1) is 10.2 Å². The van der Waals surface area contributed by atoms with Gasteiger partial charge in [0.1, 0.15) is 0 Å². The first-order valence-corrected chi connectivity index (χ1v) is 4.36. The van der Waals surface area contributed by atoms with Crippen LogP contribution in [0.5, 0.6) is 0 Å². The number of carbonyl (C=O) groups is 1. The van der Waals surface area contributed by atoms with Gasteiger partial charge in [-0.1, -0.05) is 30.3 Å². The predicted octanol–water partition coefficient (Wildman–Crippen LogP) is 0.196. The Balaban J connectivity index is 2.92. The second kappa shape index (κ2) is 3.74. The second-order valence-corrected chi connectivity index (χ2v) is 2.57. The average Bonchev–Trinajstić information content (AvgIpc) is 2.07. The zero-order chi connectivity index (χ0) is 8.10. The van der Waals surface area contributed by atoms with E-state index in [0.29, 0.717) is 5.56 Å². The molecule has 11 heavy (non-hydrogen) atoms. The summed E-state index contributed by atoms with van der Waals surface area (Å²) in [5, 5.41) is 0. The lowest BCUT2D eigenvalue weighted by molar-refractivity contribution is 0.105. The van der Waals surface area contributed by atoms with Crippen LogP contribution < -0.4 is 0 Å². The molecule has 1 rings (SSSR count). The maximum atomic E-state index is 11.1. The highest BCUT2D eigenvalue weighted by molar-refractivity contribution is 6.25. The summed E-state index contributed by atoms with van der Waals surface area (Å²) in [6.07, 6.45) is 0. The molecule has 0 spiro atoms. The SMILES string of the molecule is O=C(C#C[SiH3])c1ccccc1. The van der Waals surface area contributed by atoms with E-state index in [1.54, 1.807) is 12.1 Å². The summed E-state index contributed by atoms with van der Waals surface area (Å²) in [7, 11) is 0.756. The summed E-state index contributed by atoms with van der Waals surface area (Å²) in [4.78, 5) is 11.1. The topological polar surface area (TPSA) is 17.1 Å². The molecule has 0 unspecified atom stereocenters. The monoisotopic (exact) mass is 160 g/mol. The normalized spacial score (nSPS) is 8.36. The van der Waals surface area contributed by atoms with Crippen LogP contribution in [0.1, 0.15) is 10.4 Å². The molecule has 0 fully saturated rings.